The number of likely N-dealkylation sites (tertiary alicyclic amines) is 1. The highest BCUT2D eigenvalue weighted by molar-refractivity contribution is 8.15. The lowest BCUT2D eigenvalue weighted by Crippen LogP contribution is -2.61. The number of carbonyl (C=O) groups excluding carboxylic acids is 2. The van der Waals surface area contributed by atoms with Gasteiger partial charge in [0.15, 0.2) is 11.7 Å². The Kier molecular flexibility index (Phi) is 9.75. The van der Waals surface area contributed by atoms with E-state index in [0.29, 0.717) is 29.2 Å². The second kappa shape index (κ2) is 13.5. The largest absolute Gasteiger partial charge is 0.487 e. The number of rotatable bonds is 12. The molecule has 2 aromatic rings. The average Bonchev–Trinajstić information content (AvgIpc) is 3.37. The van der Waals surface area contributed by atoms with Crippen molar-refractivity contribution < 1.29 is 37.6 Å². The number of aliphatic imine (C=N–C) groups is 1. The summed E-state index contributed by atoms with van der Waals surface area (Å²) in [5.74, 6) is -0.977. The Morgan fingerprint density at radius 2 is 1.81 bits per heavy atom. The van der Waals surface area contributed by atoms with Crippen molar-refractivity contribution in [1.82, 2.24) is 4.90 Å². The molecule has 0 spiro atoms. The van der Waals surface area contributed by atoms with E-state index in [1.165, 1.54) is 47.9 Å². The first-order valence-corrected chi connectivity index (χ1v) is 17.0. The topological polar surface area (TPSA) is 147 Å². The third kappa shape index (κ3) is 7.59. The van der Waals surface area contributed by atoms with Crippen LogP contribution >= 0.6 is 30.0 Å². The SMILES string of the molecule is CC(OP(=O)(Cl)OC1CCCCC1)=C(C(=O)OCc1ccc([N+](=O)[O-])cc1)N1C(=O)C2N=C(COc3ccccc3)SC21. The monoisotopic (exact) mass is 649 g/mol. The van der Waals surface area contributed by atoms with Crippen LogP contribution in [0.15, 0.2) is 71.0 Å². The zero-order valence-corrected chi connectivity index (χ0v) is 25.6. The number of β-lactam (4-membered cyclic amide) rings is 1. The summed E-state index contributed by atoms with van der Waals surface area (Å²) in [6.07, 6.45) is 3.90. The molecule has 1 saturated carbocycles. The Morgan fingerprint density at radius 3 is 2.49 bits per heavy atom. The summed E-state index contributed by atoms with van der Waals surface area (Å²) in [5.41, 5.74) is 0.0831. The number of non-ortho nitro benzene ring substituents is 1. The van der Waals surface area contributed by atoms with Gasteiger partial charge in [-0.15, -0.1) is 0 Å². The van der Waals surface area contributed by atoms with Crippen LogP contribution in [0.5, 0.6) is 5.75 Å². The normalized spacial score (nSPS) is 22.0. The zero-order valence-electron chi connectivity index (χ0n) is 23.1. The van der Waals surface area contributed by atoms with Gasteiger partial charge in [0.2, 0.25) is 0 Å². The highest BCUT2D eigenvalue weighted by Crippen LogP contribution is 2.58. The summed E-state index contributed by atoms with van der Waals surface area (Å²) < 4.78 is 35.5. The van der Waals surface area contributed by atoms with E-state index in [1.807, 2.05) is 18.2 Å². The molecule has 3 unspecified atom stereocenters. The molecule has 0 aromatic heterocycles. The van der Waals surface area contributed by atoms with Gasteiger partial charge in [-0.2, -0.15) is 0 Å². The summed E-state index contributed by atoms with van der Waals surface area (Å²) in [6, 6.07) is 13.9. The first-order chi connectivity index (χ1) is 20.6. The van der Waals surface area contributed by atoms with Gasteiger partial charge in [0, 0.05) is 23.4 Å². The fourth-order valence-electron chi connectivity index (χ4n) is 4.90. The van der Waals surface area contributed by atoms with Gasteiger partial charge in [0.25, 0.3) is 11.6 Å². The lowest BCUT2D eigenvalue weighted by atomic mass is 9.98. The van der Waals surface area contributed by atoms with E-state index < -0.39 is 35.2 Å². The second-order valence-corrected chi connectivity index (χ2v) is 13.8. The molecule has 2 aromatic carbocycles. The van der Waals surface area contributed by atoms with Crippen LogP contribution in [0.4, 0.5) is 5.69 Å². The number of halogens is 1. The number of nitro groups is 1. The summed E-state index contributed by atoms with van der Waals surface area (Å²) in [6.45, 7) is -2.94. The van der Waals surface area contributed by atoms with E-state index in [0.717, 1.165) is 19.3 Å². The Morgan fingerprint density at radius 1 is 1.12 bits per heavy atom. The fraction of sp³-hybridized carbons (Fsp3) is 0.393. The molecule has 0 bridgehead atoms. The van der Waals surface area contributed by atoms with Gasteiger partial charge in [-0.05, 0) is 49.6 Å². The number of ether oxygens (including phenoxy) is 2. The van der Waals surface area contributed by atoms with E-state index in [2.05, 4.69) is 4.99 Å². The van der Waals surface area contributed by atoms with E-state index in [1.54, 1.807) is 12.1 Å². The van der Waals surface area contributed by atoms with Gasteiger partial charge < -0.3 is 14.0 Å². The molecular formula is C28H29ClN3O9PS. The maximum absolute atomic E-state index is 13.5. The smallest absolute Gasteiger partial charge is 0.476 e. The van der Waals surface area contributed by atoms with Crippen LogP contribution < -0.4 is 4.74 Å². The summed E-state index contributed by atoms with van der Waals surface area (Å²) in [5, 5.41) is 10.9. The molecular weight excluding hydrogens is 621 g/mol. The Hall–Kier alpha value is -3.38. The molecule has 1 amide bonds. The minimum absolute atomic E-state index is 0.113. The first-order valence-electron chi connectivity index (χ1n) is 13.6. The number of fused-ring (bicyclic) bond motifs is 1. The number of esters is 1. The summed E-state index contributed by atoms with van der Waals surface area (Å²) in [7, 11) is 0. The molecule has 43 heavy (non-hydrogen) atoms. The molecule has 0 radical (unpaired) electrons. The van der Waals surface area contributed by atoms with Gasteiger partial charge in [0.1, 0.15) is 35.1 Å². The lowest BCUT2D eigenvalue weighted by molar-refractivity contribution is -0.384. The highest BCUT2D eigenvalue weighted by atomic mass is 35.7. The molecule has 12 nitrogen and oxygen atoms in total. The molecule has 2 aliphatic heterocycles. The van der Waals surface area contributed by atoms with Crippen molar-refractivity contribution in [2.45, 2.75) is 63.2 Å². The van der Waals surface area contributed by atoms with Crippen molar-refractivity contribution in [3.63, 3.8) is 0 Å². The van der Waals surface area contributed by atoms with Crippen molar-refractivity contribution in [2.24, 2.45) is 4.99 Å². The van der Waals surface area contributed by atoms with Crippen molar-refractivity contribution in [2.75, 3.05) is 6.61 Å². The predicted molar refractivity (Wildman–Crippen MR) is 159 cm³/mol. The van der Waals surface area contributed by atoms with Crippen LogP contribution in [-0.2, 0) is 34.5 Å². The maximum Gasteiger partial charge on any atom is 0.476 e. The summed E-state index contributed by atoms with van der Waals surface area (Å²) in [4.78, 5) is 42.8. The molecule has 0 N–H and O–H groups in total. The quantitative estimate of drug-likeness (QED) is 0.0485. The number of carbonyl (C=O) groups is 2. The number of allylic oxidation sites excluding steroid dienone is 1. The number of para-hydroxylation sites is 1. The van der Waals surface area contributed by atoms with Gasteiger partial charge >= 0.3 is 12.9 Å². The fourth-order valence-corrected chi connectivity index (χ4v) is 7.77. The molecule has 2 fully saturated rings. The van der Waals surface area contributed by atoms with Gasteiger partial charge in [-0.25, -0.2) is 9.36 Å². The van der Waals surface area contributed by atoms with Crippen molar-refractivity contribution >= 4 is 52.6 Å². The summed E-state index contributed by atoms with van der Waals surface area (Å²) >= 11 is 7.44. The number of benzene rings is 2. The number of hydrogen-bond donors (Lipinski definition) is 0. The van der Waals surface area contributed by atoms with Crippen molar-refractivity contribution in [3.05, 3.63) is 81.7 Å². The highest BCUT2D eigenvalue weighted by Gasteiger charge is 2.56. The predicted octanol–water partition coefficient (Wildman–Crippen LogP) is 6.34. The molecule has 3 atom stereocenters. The van der Waals surface area contributed by atoms with Crippen LogP contribution in [0.1, 0.15) is 44.6 Å². The molecule has 2 heterocycles. The molecule has 15 heteroatoms. The maximum atomic E-state index is 13.5. The average molecular weight is 650 g/mol. The number of nitrogens with zero attached hydrogens (tertiary/aromatic N) is 3. The standard InChI is InChI=1S/C28H29ClN3O9PS/c1-18(40-42(29,37)41-22-10-6-3-7-11-22)25(28(34)39-16-19-12-14-20(15-13-19)32(35)36)31-26(33)24-27(31)43-23(30-24)17-38-21-8-4-2-5-9-21/h2,4-5,8-9,12-15,22,24,27H,3,6-7,10-11,16-17H2,1H3. The van der Waals surface area contributed by atoms with E-state index in [-0.39, 0.29) is 36.5 Å². The molecule has 228 valence electrons. The van der Waals surface area contributed by atoms with E-state index in [9.17, 15) is 24.3 Å². The van der Waals surface area contributed by atoms with Crippen LogP contribution in [0.2, 0.25) is 0 Å². The minimum Gasteiger partial charge on any atom is -0.487 e. The Labute approximate surface area is 256 Å². The Balaban J connectivity index is 1.32. The van der Waals surface area contributed by atoms with Gasteiger partial charge in [0.05, 0.1) is 11.0 Å². The number of amides is 1. The third-order valence-electron chi connectivity index (χ3n) is 7.02. The molecule has 1 aliphatic carbocycles. The number of nitro benzene ring substituents is 1. The van der Waals surface area contributed by atoms with Gasteiger partial charge in [-0.3, -0.25) is 29.3 Å². The minimum atomic E-state index is -4.18. The van der Waals surface area contributed by atoms with Gasteiger partial charge in [-0.1, -0.05) is 49.2 Å². The van der Waals surface area contributed by atoms with Crippen molar-refractivity contribution in [3.8, 4) is 5.75 Å². The first kappa shape index (κ1) is 31.1. The van der Waals surface area contributed by atoms with Crippen molar-refractivity contribution in [1.29, 1.82) is 0 Å². The van der Waals surface area contributed by atoms with Crippen LogP contribution in [0.3, 0.4) is 0 Å². The molecule has 1 saturated heterocycles. The molecule has 5 rings (SSSR count). The lowest BCUT2D eigenvalue weighted by Gasteiger charge is -2.41. The van der Waals surface area contributed by atoms with E-state index in [4.69, 9.17) is 29.8 Å². The Bertz CT molecular complexity index is 1480. The van der Waals surface area contributed by atoms with Crippen LogP contribution in [0, 0.1) is 10.1 Å². The third-order valence-corrected chi connectivity index (χ3v) is 9.71. The number of thioether (sulfide) groups is 1. The number of hydrogen-bond acceptors (Lipinski definition) is 11. The van der Waals surface area contributed by atoms with E-state index >= 15 is 0 Å². The van der Waals surface area contributed by atoms with Crippen LogP contribution in [0.25, 0.3) is 0 Å². The zero-order chi connectivity index (χ0) is 30.6. The van der Waals surface area contributed by atoms with Crippen LogP contribution in [-0.4, -0.2) is 50.9 Å². The molecule has 3 aliphatic rings. The second-order valence-electron chi connectivity index (χ2n) is 10.1.